The third-order valence-electron chi connectivity index (χ3n) is 13.0. The first-order valence-electron chi connectivity index (χ1n) is 29.2. The molecule has 0 aromatic heterocycles. The van der Waals surface area contributed by atoms with E-state index in [9.17, 15) is 19.8 Å². The van der Waals surface area contributed by atoms with Crippen LogP contribution in [0.5, 0.6) is 0 Å². The van der Waals surface area contributed by atoms with Crippen molar-refractivity contribution < 1.29 is 24.5 Å². The van der Waals surface area contributed by atoms with Crippen LogP contribution in [0.1, 0.15) is 284 Å². The zero-order chi connectivity index (χ0) is 49.5. The van der Waals surface area contributed by atoms with Crippen LogP contribution in [0.3, 0.4) is 0 Å². The minimum absolute atomic E-state index is 0.0361. The second kappa shape index (κ2) is 55.2. The van der Waals surface area contributed by atoms with Gasteiger partial charge >= 0.3 is 5.97 Å². The predicted octanol–water partition coefficient (Wildman–Crippen LogP) is 18.1. The minimum Gasteiger partial charge on any atom is -0.462 e. The summed E-state index contributed by atoms with van der Waals surface area (Å²) in [6.07, 6.45) is 71.2. The number of esters is 1. The molecule has 0 spiro atoms. The number of carbonyl (C=O) groups excluding carboxylic acids is 2. The molecule has 0 saturated carbocycles. The van der Waals surface area contributed by atoms with Gasteiger partial charge in [-0.2, -0.15) is 0 Å². The van der Waals surface area contributed by atoms with E-state index in [1.54, 1.807) is 0 Å². The monoisotopic (exact) mass is 950 g/mol. The third-order valence-corrected chi connectivity index (χ3v) is 13.0. The van der Waals surface area contributed by atoms with Gasteiger partial charge < -0.3 is 20.3 Å². The lowest BCUT2D eigenvalue weighted by Gasteiger charge is -2.24. The molecule has 0 aliphatic heterocycles. The predicted molar refractivity (Wildman–Crippen MR) is 296 cm³/mol. The molecule has 6 heteroatoms. The number of hydrogen-bond donors (Lipinski definition) is 3. The van der Waals surface area contributed by atoms with Gasteiger partial charge in [0.25, 0.3) is 0 Å². The first kappa shape index (κ1) is 65.3. The maximum atomic E-state index is 13.3. The highest BCUT2D eigenvalue weighted by Gasteiger charge is 2.24. The zero-order valence-electron chi connectivity index (χ0n) is 45.0. The van der Waals surface area contributed by atoms with Crippen molar-refractivity contribution in [2.24, 2.45) is 0 Å². The summed E-state index contributed by atoms with van der Waals surface area (Å²) in [6.45, 7) is 6.38. The smallest absolute Gasteiger partial charge is 0.306 e. The second-order valence-electron chi connectivity index (χ2n) is 19.7. The van der Waals surface area contributed by atoms with Gasteiger partial charge in [-0.05, 0) is 83.5 Å². The molecular formula is C62H111NO5. The number of nitrogens with one attached hydrogen (secondary N) is 1. The van der Waals surface area contributed by atoms with Gasteiger partial charge in [0.2, 0.25) is 5.91 Å². The van der Waals surface area contributed by atoms with Gasteiger partial charge in [0, 0.05) is 6.42 Å². The Kier molecular flexibility index (Phi) is 53.0. The summed E-state index contributed by atoms with van der Waals surface area (Å²) in [6, 6.07) is -0.724. The second-order valence-corrected chi connectivity index (χ2v) is 19.7. The Bertz CT molecular complexity index is 1250. The van der Waals surface area contributed by atoms with Gasteiger partial charge in [0.05, 0.1) is 25.2 Å². The van der Waals surface area contributed by atoms with Crippen molar-refractivity contribution in [2.75, 3.05) is 6.61 Å². The first-order valence-corrected chi connectivity index (χ1v) is 29.2. The third kappa shape index (κ3) is 49.7. The molecule has 3 N–H and O–H groups in total. The van der Waals surface area contributed by atoms with Gasteiger partial charge in [-0.15, -0.1) is 0 Å². The molecule has 0 saturated heterocycles. The van der Waals surface area contributed by atoms with Crippen molar-refractivity contribution in [3.05, 3.63) is 72.9 Å². The van der Waals surface area contributed by atoms with Crippen LogP contribution in [0, 0.1) is 0 Å². The molecule has 0 aliphatic carbocycles. The van der Waals surface area contributed by atoms with E-state index in [0.29, 0.717) is 19.3 Å². The zero-order valence-corrected chi connectivity index (χ0v) is 45.0. The number of unbranched alkanes of at least 4 members (excludes halogenated alkanes) is 28. The van der Waals surface area contributed by atoms with E-state index >= 15 is 0 Å². The molecule has 0 radical (unpaired) electrons. The fourth-order valence-corrected chi connectivity index (χ4v) is 8.65. The van der Waals surface area contributed by atoms with E-state index in [0.717, 1.165) is 83.5 Å². The fraction of sp³-hybridized carbons (Fsp3) is 0.774. The molecule has 394 valence electrons. The highest BCUT2D eigenvalue weighted by molar-refractivity contribution is 5.77. The number of aliphatic hydroxyl groups excluding tert-OH is 2. The number of rotatable bonds is 52. The summed E-state index contributed by atoms with van der Waals surface area (Å²) in [4.78, 5) is 26.2. The van der Waals surface area contributed by atoms with Crippen LogP contribution in [0.15, 0.2) is 72.9 Å². The molecule has 3 unspecified atom stereocenters. The van der Waals surface area contributed by atoms with Crippen molar-refractivity contribution in [2.45, 2.75) is 302 Å². The van der Waals surface area contributed by atoms with Crippen molar-refractivity contribution in [1.29, 1.82) is 0 Å². The normalized spacial score (nSPS) is 13.7. The molecule has 1 amide bonds. The molecule has 0 fully saturated rings. The molecule has 0 aromatic rings. The lowest BCUT2D eigenvalue weighted by Crippen LogP contribution is -2.46. The molecule has 6 nitrogen and oxygen atoms in total. The van der Waals surface area contributed by atoms with E-state index in [4.69, 9.17) is 4.74 Å². The Morgan fingerprint density at radius 3 is 1.22 bits per heavy atom. The standard InChI is InChI=1S/C62H111NO5/c1-4-7-10-13-16-19-22-25-28-31-33-36-39-42-45-48-51-54-60(65)59(57-64)63-61(66)56-58(53-50-47-44-41-38-35-32-29-26-23-20-17-14-11-8-5-2)68-62(67)55-52-49-46-43-40-37-34-30-27-24-21-18-15-12-9-6-3/h9,12,18,21,27,30,35,37-38,40,46,49,58-60,64-65H,4-8,10-11,13-17,19-20,22-26,28-29,31-34,36,39,41-45,47-48,50-57H2,1-3H3,(H,63,66)/b12-9+,21-18+,30-27+,38-35+,40-37+,49-46+. The molecule has 0 aromatic carbocycles. The SMILES string of the molecule is CC/C=C/C/C=C/C/C=C/C/C=C/C/C=C/CCC(=O)OC(CCCCC/C=C/CCCCCCCCCCC)CC(=O)NC(CO)C(O)CCCCCCCCCCCCCCCCCCC. The van der Waals surface area contributed by atoms with Gasteiger partial charge in [-0.25, -0.2) is 0 Å². The van der Waals surface area contributed by atoms with Crippen LogP contribution >= 0.6 is 0 Å². The lowest BCUT2D eigenvalue weighted by atomic mass is 10.0. The van der Waals surface area contributed by atoms with E-state index in [-0.39, 0.29) is 31.3 Å². The summed E-state index contributed by atoms with van der Waals surface area (Å²) in [5, 5.41) is 23.9. The Morgan fingerprint density at radius 1 is 0.441 bits per heavy atom. The van der Waals surface area contributed by atoms with Crippen molar-refractivity contribution >= 4 is 11.9 Å². The van der Waals surface area contributed by atoms with Crippen LogP contribution in [0.25, 0.3) is 0 Å². The highest BCUT2D eigenvalue weighted by atomic mass is 16.5. The quantitative estimate of drug-likeness (QED) is 0.0321. The van der Waals surface area contributed by atoms with E-state index in [1.807, 2.05) is 6.08 Å². The van der Waals surface area contributed by atoms with Crippen LogP contribution in [0.2, 0.25) is 0 Å². The van der Waals surface area contributed by atoms with Gasteiger partial charge in [0.15, 0.2) is 0 Å². The Hall–Kier alpha value is -2.70. The molecule has 0 rings (SSSR count). The summed E-state index contributed by atoms with van der Waals surface area (Å²) < 4.78 is 5.91. The van der Waals surface area contributed by atoms with Crippen LogP contribution < -0.4 is 5.32 Å². The molecule has 3 atom stereocenters. The average Bonchev–Trinajstić information content (AvgIpc) is 3.33. The van der Waals surface area contributed by atoms with Crippen molar-refractivity contribution in [3.63, 3.8) is 0 Å². The number of carbonyl (C=O) groups is 2. The van der Waals surface area contributed by atoms with Crippen LogP contribution in [0.4, 0.5) is 0 Å². The summed E-state index contributed by atoms with van der Waals surface area (Å²) in [5.74, 6) is -0.582. The minimum atomic E-state index is -0.807. The Balaban J connectivity index is 4.65. The molecule has 0 heterocycles. The Labute approximate surface area is 421 Å². The van der Waals surface area contributed by atoms with E-state index < -0.39 is 18.2 Å². The largest absolute Gasteiger partial charge is 0.462 e. The number of aliphatic hydroxyl groups is 2. The molecular weight excluding hydrogens is 839 g/mol. The number of amides is 1. The topological polar surface area (TPSA) is 95.9 Å². The highest BCUT2D eigenvalue weighted by Crippen LogP contribution is 2.18. The van der Waals surface area contributed by atoms with Gasteiger partial charge in [-0.3, -0.25) is 9.59 Å². The molecule has 0 aliphatic rings. The molecule has 0 bridgehead atoms. The number of hydrogen-bond acceptors (Lipinski definition) is 5. The lowest BCUT2D eigenvalue weighted by molar-refractivity contribution is -0.150. The number of ether oxygens (including phenoxy) is 1. The summed E-state index contributed by atoms with van der Waals surface area (Å²) in [5.41, 5.74) is 0. The maximum absolute atomic E-state index is 13.3. The van der Waals surface area contributed by atoms with E-state index in [1.165, 1.54) is 148 Å². The summed E-state index contributed by atoms with van der Waals surface area (Å²) >= 11 is 0. The summed E-state index contributed by atoms with van der Waals surface area (Å²) in [7, 11) is 0. The Morgan fingerprint density at radius 2 is 0.794 bits per heavy atom. The van der Waals surface area contributed by atoms with Gasteiger partial charge in [-0.1, -0.05) is 261 Å². The average molecular weight is 951 g/mol. The number of allylic oxidation sites excluding steroid dienone is 12. The van der Waals surface area contributed by atoms with Crippen LogP contribution in [-0.4, -0.2) is 46.9 Å². The maximum Gasteiger partial charge on any atom is 0.306 e. The van der Waals surface area contributed by atoms with Gasteiger partial charge in [0.1, 0.15) is 6.10 Å². The van der Waals surface area contributed by atoms with Crippen molar-refractivity contribution in [1.82, 2.24) is 5.32 Å². The van der Waals surface area contributed by atoms with Crippen molar-refractivity contribution in [3.8, 4) is 0 Å². The molecule has 68 heavy (non-hydrogen) atoms. The fourth-order valence-electron chi connectivity index (χ4n) is 8.65. The first-order chi connectivity index (χ1) is 33.5. The van der Waals surface area contributed by atoms with E-state index in [2.05, 4.69) is 92.9 Å². The van der Waals surface area contributed by atoms with Crippen LogP contribution in [-0.2, 0) is 14.3 Å².